The molecule has 1 saturated heterocycles. The molecule has 0 bridgehead atoms. The highest BCUT2D eigenvalue weighted by atomic mass is 16.5. The largest absolute Gasteiger partial charge is 0.481 e. The van der Waals surface area contributed by atoms with Gasteiger partial charge in [-0.05, 0) is 6.92 Å². The van der Waals surface area contributed by atoms with Crippen LogP contribution >= 0.6 is 0 Å². The Morgan fingerprint density at radius 2 is 2.15 bits per heavy atom. The molecular weight excluding hydrogens is 262 g/mol. The highest BCUT2D eigenvalue weighted by Crippen LogP contribution is 2.14. The highest BCUT2D eigenvalue weighted by Gasteiger charge is 2.17. The Hall–Kier alpha value is -1.60. The van der Waals surface area contributed by atoms with Gasteiger partial charge in [0.15, 0.2) is 5.69 Å². The standard InChI is InChI=1S/C13H21N3O4/c1-3-20-13(17)11-10-12(18-2)16(14-11)5-4-15-6-8-19-9-7-15/h10H,3-9H2,1-2H3. The molecule has 2 heterocycles. The molecule has 1 aliphatic heterocycles. The highest BCUT2D eigenvalue weighted by molar-refractivity contribution is 5.87. The van der Waals surface area contributed by atoms with Gasteiger partial charge in [0.1, 0.15) is 0 Å². The number of ether oxygens (including phenoxy) is 3. The van der Waals surface area contributed by atoms with E-state index in [0.717, 1.165) is 32.8 Å². The molecule has 0 aliphatic carbocycles. The van der Waals surface area contributed by atoms with Crippen LogP contribution in [0.15, 0.2) is 6.07 Å². The molecule has 0 unspecified atom stereocenters. The van der Waals surface area contributed by atoms with Crippen molar-refractivity contribution in [1.29, 1.82) is 0 Å². The van der Waals surface area contributed by atoms with Gasteiger partial charge in [-0.15, -0.1) is 0 Å². The van der Waals surface area contributed by atoms with Crippen molar-refractivity contribution in [2.24, 2.45) is 0 Å². The molecule has 1 fully saturated rings. The quantitative estimate of drug-likeness (QED) is 0.704. The number of methoxy groups -OCH3 is 1. The van der Waals surface area contributed by atoms with E-state index in [4.69, 9.17) is 14.2 Å². The Labute approximate surface area is 118 Å². The molecule has 0 amide bonds. The van der Waals surface area contributed by atoms with Crippen LogP contribution in [0.4, 0.5) is 0 Å². The van der Waals surface area contributed by atoms with Crippen molar-refractivity contribution in [2.75, 3.05) is 46.6 Å². The van der Waals surface area contributed by atoms with Gasteiger partial charge in [-0.25, -0.2) is 9.48 Å². The first-order chi connectivity index (χ1) is 9.74. The smallest absolute Gasteiger partial charge is 0.358 e. The lowest BCUT2D eigenvalue weighted by atomic mass is 10.4. The molecule has 112 valence electrons. The second-order valence-corrected chi connectivity index (χ2v) is 4.47. The summed E-state index contributed by atoms with van der Waals surface area (Å²) >= 11 is 0. The Bertz CT molecular complexity index is 441. The second-order valence-electron chi connectivity index (χ2n) is 4.47. The normalized spacial score (nSPS) is 16.1. The van der Waals surface area contributed by atoms with Crippen LogP contribution in [0.5, 0.6) is 5.88 Å². The zero-order valence-corrected chi connectivity index (χ0v) is 12.0. The molecule has 2 rings (SSSR count). The lowest BCUT2D eigenvalue weighted by Crippen LogP contribution is -2.38. The van der Waals surface area contributed by atoms with E-state index in [-0.39, 0.29) is 5.69 Å². The Morgan fingerprint density at radius 3 is 2.80 bits per heavy atom. The van der Waals surface area contributed by atoms with E-state index in [1.165, 1.54) is 0 Å². The van der Waals surface area contributed by atoms with Crippen LogP contribution in [0.3, 0.4) is 0 Å². The molecule has 0 radical (unpaired) electrons. The van der Waals surface area contributed by atoms with E-state index in [1.807, 2.05) is 0 Å². The monoisotopic (exact) mass is 283 g/mol. The van der Waals surface area contributed by atoms with Crippen molar-refractivity contribution in [3.8, 4) is 5.88 Å². The molecule has 0 atom stereocenters. The summed E-state index contributed by atoms with van der Waals surface area (Å²) in [5.41, 5.74) is 0.283. The molecule has 7 heteroatoms. The Kier molecular flexibility index (Phi) is 5.37. The molecular formula is C13H21N3O4. The van der Waals surface area contributed by atoms with Crippen LogP contribution in [0.2, 0.25) is 0 Å². The Balaban J connectivity index is 1.97. The lowest BCUT2D eigenvalue weighted by Gasteiger charge is -2.26. The molecule has 1 aromatic rings. The van der Waals surface area contributed by atoms with E-state index in [0.29, 0.717) is 19.0 Å². The fourth-order valence-electron chi connectivity index (χ4n) is 2.09. The van der Waals surface area contributed by atoms with Crippen LogP contribution in [0, 0.1) is 0 Å². The number of hydrogen-bond donors (Lipinski definition) is 0. The first kappa shape index (κ1) is 14.8. The fraction of sp³-hybridized carbons (Fsp3) is 0.692. The number of esters is 1. The second kappa shape index (κ2) is 7.25. The molecule has 0 aromatic carbocycles. The van der Waals surface area contributed by atoms with Crippen molar-refractivity contribution in [1.82, 2.24) is 14.7 Å². The number of carbonyl (C=O) groups excluding carboxylic acids is 1. The minimum absolute atomic E-state index is 0.283. The van der Waals surface area contributed by atoms with Crippen LogP contribution in [-0.2, 0) is 16.0 Å². The summed E-state index contributed by atoms with van der Waals surface area (Å²) in [6.45, 7) is 7.01. The molecule has 7 nitrogen and oxygen atoms in total. The number of rotatable bonds is 6. The van der Waals surface area contributed by atoms with Crippen LogP contribution in [-0.4, -0.2) is 67.2 Å². The number of morpholine rings is 1. The number of aromatic nitrogens is 2. The fourth-order valence-corrected chi connectivity index (χ4v) is 2.09. The van der Waals surface area contributed by atoms with Gasteiger partial charge in [-0.2, -0.15) is 5.10 Å². The SMILES string of the molecule is CCOC(=O)c1cc(OC)n(CCN2CCOCC2)n1. The Morgan fingerprint density at radius 1 is 1.40 bits per heavy atom. The lowest BCUT2D eigenvalue weighted by molar-refractivity contribution is 0.0356. The molecule has 0 saturated carbocycles. The van der Waals surface area contributed by atoms with E-state index in [9.17, 15) is 4.79 Å². The average molecular weight is 283 g/mol. The van der Waals surface area contributed by atoms with Gasteiger partial charge in [-0.3, -0.25) is 4.90 Å². The minimum Gasteiger partial charge on any atom is -0.481 e. The van der Waals surface area contributed by atoms with E-state index in [2.05, 4.69) is 10.00 Å². The minimum atomic E-state index is -0.420. The van der Waals surface area contributed by atoms with Gasteiger partial charge >= 0.3 is 5.97 Å². The predicted molar refractivity (Wildman–Crippen MR) is 72.0 cm³/mol. The summed E-state index contributed by atoms with van der Waals surface area (Å²) in [5.74, 6) is 0.150. The summed E-state index contributed by atoms with van der Waals surface area (Å²) in [4.78, 5) is 14.0. The van der Waals surface area contributed by atoms with Crippen LogP contribution < -0.4 is 4.74 Å². The average Bonchev–Trinajstić information content (AvgIpc) is 2.90. The molecule has 0 spiro atoms. The zero-order chi connectivity index (χ0) is 14.4. The first-order valence-corrected chi connectivity index (χ1v) is 6.83. The van der Waals surface area contributed by atoms with E-state index in [1.54, 1.807) is 24.8 Å². The molecule has 1 aromatic heterocycles. The van der Waals surface area contributed by atoms with E-state index >= 15 is 0 Å². The number of carbonyl (C=O) groups is 1. The van der Waals surface area contributed by atoms with Crippen molar-refractivity contribution in [2.45, 2.75) is 13.5 Å². The molecule has 1 aliphatic rings. The van der Waals surface area contributed by atoms with Gasteiger partial charge < -0.3 is 14.2 Å². The predicted octanol–water partition coefficient (Wildman–Crippen LogP) is 0.401. The third-order valence-electron chi connectivity index (χ3n) is 3.17. The summed E-state index contributed by atoms with van der Waals surface area (Å²) in [5, 5.41) is 4.24. The summed E-state index contributed by atoms with van der Waals surface area (Å²) < 4.78 is 17.2. The van der Waals surface area contributed by atoms with Crippen molar-refractivity contribution < 1.29 is 19.0 Å². The summed E-state index contributed by atoms with van der Waals surface area (Å²) in [6.07, 6.45) is 0. The van der Waals surface area contributed by atoms with Gasteiger partial charge in [-0.1, -0.05) is 0 Å². The number of hydrogen-bond acceptors (Lipinski definition) is 6. The maximum atomic E-state index is 11.7. The van der Waals surface area contributed by atoms with Gasteiger partial charge in [0.2, 0.25) is 5.88 Å². The van der Waals surface area contributed by atoms with Gasteiger partial charge in [0, 0.05) is 25.7 Å². The third-order valence-corrected chi connectivity index (χ3v) is 3.17. The summed E-state index contributed by atoms with van der Waals surface area (Å²) in [7, 11) is 1.57. The van der Waals surface area contributed by atoms with Crippen molar-refractivity contribution in [3.63, 3.8) is 0 Å². The maximum Gasteiger partial charge on any atom is 0.358 e. The third kappa shape index (κ3) is 3.71. The maximum absolute atomic E-state index is 11.7. The van der Waals surface area contributed by atoms with Crippen molar-refractivity contribution in [3.05, 3.63) is 11.8 Å². The van der Waals surface area contributed by atoms with E-state index < -0.39 is 5.97 Å². The molecule has 20 heavy (non-hydrogen) atoms. The van der Waals surface area contributed by atoms with Crippen molar-refractivity contribution >= 4 is 5.97 Å². The van der Waals surface area contributed by atoms with Gasteiger partial charge in [0.25, 0.3) is 0 Å². The van der Waals surface area contributed by atoms with Gasteiger partial charge in [0.05, 0.1) is 33.5 Å². The number of nitrogens with zero attached hydrogens (tertiary/aromatic N) is 3. The van der Waals surface area contributed by atoms with Crippen LogP contribution in [0.1, 0.15) is 17.4 Å². The first-order valence-electron chi connectivity index (χ1n) is 6.83. The summed E-state index contributed by atoms with van der Waals surface area (Å²) in [6, 6.07) is 1.61. The zero-order valence-electron chi connectivity index (χ0n) is 12.0. The topological polar surface area (TPSA) is 65.8 Å². The van der Waals surface area contributed by atoms with Crippen LogP contribution in [0.25, 0.3) is 0 Å². The molecule has 0 N–H and O–H groups in total.